The summed E-state index contributed by atoms with van der Waals surface area (Å²) in [5.74, 6) is 1.35. The minimum Gasteiger partial charge on any atom is -0.486 e. The van der Waals surface area contributed by atoms with E-state index in [0.717, 1.165) is 36.1 Å². The molecule has 1 N–H and O–H groups in total. The fraction of sp³-hybridized carbons (Fsp3) is 0.538. The molecule has 17 heavy (non-hydrogen) atoms. The Morgan fingerprint density at radius 2 is 1.94 bits per heavy atom. The van der Waals surface area contributed by atoms with Crippen LogP contribution < -0.4 is 9.47 Å². The van der Waals surface area contributed by atoms with Gasteiger partial charge in [0, 0.05) is 5.56 Å². The Kier molecular flexibility index (Phi) is 2.49. The molecule has 0 amide bonds. The van der Waals surface area contributed by atoms with Crippen molar-refractivity contribution in [1.82, 2.24) is 0 Å². The van der Waals surface area contributed by atoms with E-state index in [1.807, 2.05) is 6.07 Å². The summed E-state index contributed by atoms with van der Waals surface area (Å²) in [6, 6.07) is 1.83. The van der Waals surface area contributed by atoms with Gasteiger partial charge in [-0.3, -0.25) is 0 Å². The number of benzene rings is 1. The van der Waals surface area contributed by atoms with Gasteiger partial charge in [-0.1, -0.05) is 18.5 Å². The maximum absolute atomic E-state index is 10.3. The van der Waals surface area contributed by atoms with E-state index in [-0.39, 0.29) is 0 Å². The molecule has 1 aliphatic heterocycles. The van der Waals surface area contributed by atoms with Crippen LogP contribution in [0.4, 0.5) is 0 Å². The normalized spacial score (nSPS) is 20.2. The second kappa shape index (κ2) is 3.79. The first kappa shape index (κ1) is 11.2. The molecule has 3 nitrogen and oxygen atoms in total. The first-order valence-corrected chi connectivity index (χ1v) is 6.37. The van der Waals surface area contributed by atoms with Gasteiger partial charge in [0.2, 0.25) is 0 Å². The van der Waals surface area contributed by atoms with Gasteiger partial charge in [0.1, 0.15) is 13.2 Å². The second-order valence-corrected chi connectivity index (χ2v) is 5.03. The Morgan fingerprint density at radius 3 is 2.53 bits per heavy atom. The summed E-state index contributed by atoms with van der Waals surface area (Å²) in [7, 11) is 0. The molecular weight excluding hydrogens is 240 g/mol. The average Bonchev–Trinajstić information content (AvgIpc) is 3.09. The quantitative estimate of drug-likeness (QED) is 0.882. The second-order valence-electron chi connectivity index (χ2n) is 4.62. The fourth-order valence-corrected chi connectivity index (χ4v) is 2.63. The predicted octanol–water partition coefficient (Wildman–Crippen LogP) is 2.66. The molecule has 3 rings (SSSR count). The van der Waals surface area contributed by atoms with Crippen molar-refractivity contribution < 1.29 is 14.6 Å². The van der Waals surface area contributed by atoms with Gasteiger partial charge in [-0.25, -0.2) is 0 Å². The molecular formula is C13H15ClO3. The number of aliphatic hydroxyl groups is 1. The van der Waals surface area contributed by atoms with Crippen LogP contribution in [0.25, 0.3) is 0 Å². The summed E-state index contributed by atoms with van der Waals surface area (Å²) >= 11 is 6.19. The SMILES string of the molecule is CCc1c(C2(O)CC2)cc(Cl)c2c1OCCO2. The van der Waals surface area contributed by atoms with Crippen molar-refractivity contribution in [3.05, 3.63) is 22.2 Å². The lowest BCUT2D eigenvalue weighted by Crippen LogP contribution is -2.19. The summed E-state index contributed by atoms with van der Waals surface area (Å²) in [6.45, 7) is 3.12. The first-order valence-electron chi connectivity index (χ1n) is 5.99. The van der Waals surface area contributed by atoms with Gasteiger partial charge in [-0.2, -0.15) is 0 Å². The molecule has 0 atom stereocenters. The fourth-order valence-electron chi connectivity index (χ4n) is 2.38. The first-order chi connectivity index (χ1) is 8.15. The number of ether oxygens (including phenoxy) is 2. The molecule has 1 aliphatic carbocycles. The minimum atomic E-state index is -0.690. The summed E-state index contributed by atoms with van der Waals surface area (Å²) in [6.07, 6.45) is 2.41. The standard InChI is InChI=1S/C13H15ClO3/c1-2-8-9(13(15)3-4-13)7-10(14)12-11(8)16-5-6-17-12/h7,15H,2-6H2,1H3. The highest BCUT2D eigenvalue weighted by atomic mass is 35.5. The van der Waals surface area contributed by atoms with Crippen LogP contribution in [-0.2, 0) is 12.0 Å². The molecule has 1 saturated carbocycles. The third-order valence-electron chi connectivity index (χ3n) is 3.45. The third-order valence-corrected chi connectivity index (χ3v) is 3.73. The minimum absolute atomic E-state index is 0.527. The zero-order valence-corrected chi connectivity index (χ0v) is 10.5. The van der Waals surface area contributed by atoms with E-state index in [9.17, 15) is 5.11 Å². The summed E-state index contributed by atoms with van der Waals surface area (Å²) in [4.78, 5) is 0. The zero-order chi connectivity index (χ0) is 12.0. The van der Waals surface area contributed by atoms with Crippen molar-refractivity contribution in [2.75, 3.05) is 13.2 Å². The topological polar surface area (TPSA) is 38.7 Å². The summed E-state index contributed by atoms with van der Waals surface area (Å²) < 4.78 is 11.2. The molecule has 1 fully saturated rings. The van der Waals surface area contributed by atoms with Gasteiger partial charge in [-0.15, -0.1) is 0 Å². The van der Waals surface area contributed by atoms with Gasteiger partial charge in [-0.05, 0) is 30.9 Å². The van der Waals surface area contributed by atoms with Crippen molar-refractivity contribution in [2.24, 2.45) is 0 Å². The number of hydrogen-bond acceptors (Lipinski definition) is 3. The van der Waals surface area contributed by atoms with E-state index < -0.39 is 5.60 Å². The van der Waals surface area contributed by atoms with E-state index in [1.54, 1.807) is 0 Å². The number of halogens is 1. The van der Waals surface area contributed by atoms with Crippen molar-refractivity contribution in [3.8, 4) is 11.5 Å². The molecule has 1 aromatic rings. The van der Waals surface area contributed by atoms with Crippen LogP contribution in [0.15, 0.2) is 6.07 Å². The molecule has 0 unspecified atom stereocenters. The smallest absolute Gasteiger partial charge is 0.180 e. The van der Waals surface area contributed by atoms with Gasteiger partial charge in [0.15, 0.2) is 11.5 Å². The van der Waals surface area contributed by atoms with E-state index in [0.29, 0.717) is 24.0 Å². The lowest BCUT2D eigenvalue weighted by Gasteiger charge is -2.25. The van der Waals surface area contributed by atoms with Crippen LogP contribution in [0.2, 0.25) is 5.02 Å². The van der Waals surface area contributed by atoms with Crippen LogP contribution in [0.1, 0.15) is 30.9 Å². The molecule has 92 valence electrons. The monoisotopic (exact) mass is 254 g/mol. The Labute approximate surface area is 105 Å². The lowest BCUT2D eigenvalue weighted by molar-refractivity contribution is 0.145. The van der Waals surface area contributed by atoms with E-state index in [1.165, 1.54) is 0 Å². The van der Waals surface area contributed by atoms with Crippen LogP contribution in [0.3, 0.4) is 0 Å². The zero-order valence-electron chi connectivity index (χ0n) is 9.75. The Balaban J connectivity index is 2.20. The maximum atomic E-state index is 10.3. The highest BCUT2D eigenvalue weighted by molar-refractivity contribution is 6.32. The Hall–Kier alpha value is -0.930. The molecule has 2 aliphatic rings. The van der Waals surface area contributed by atoms with Crippen LogP contribution in [0, 0.1) is 0 Å². The molecule has 0 bridgehead atoms. The van der Waals surface area contributed by atoms with Gasteiger partial charge in [0.05, 0.1) is 10.6 Å². The number of fused-ring (bicyclic) bond motifs is 1. The molecule has 0 saturated heterocycles. The largest absolute Gasteiger partial charge is 0.486 e. The molecule has 0 spiro atoms. The van der Waals surface area contributed by atoms with Crippen molar-refractivity contribution in [2.45, 2.75) is 31.8 Å². The van der Waals surface area contributed by atoms with Gasteiger partial charge >= 0.3 is 0 Å². The average molecular weight is 255 g/mol. The van der Waals surface area contributed by atoms with E-state index in [2.05, 4.69) is 6.92 Å². The molecule has 0 aromatic heterocycles. The number of rotatable bonds is 2. The van der Waals surface area contributed by atoms with E-state index >= 15 is 0 Å². The Bertz CT molecular complexity index is 466. The molecule has 4 heteroatoms. The highest BCUT2D eigenvalue weighted by Gasteiger charge is 2.45. The third kappa shape index (κ3) is 1.69. The Morgan fingerprint density at radius 1 is 1.29 bits per heavy atom. The predicted molar refractivity (Wildman–Crippen MR) is 65.0 cm³/mol. The maximum Gasteiger partial charge on any atom is 0.180 e. The van der Waals surface area contributed by atoms with Crippen LogP contribution in [0.5, 0.6) is 11.5 Å². The molecule has 0 radical (unpaired) electrons. The van der Waals surface area contributed by atoms with Crippen molar-refractivity contribution in [1.29, 1.82) is 0 Å². The van der Waals surface area contributed by atoms with Crippen molar-refractivity contribution >= 4 is 11.6 Å². The lowest BCUT2D eigenvalue weighted by atomic mass is 9.97. The molecule has 1 heterocycles. The summed E-state index contributed by atoms with van der Waals surface area (Å²) in [5.41, 5.74) is 1.25. The number of hydrogen-bond donors (Lipinski definition) is 1. The highest BCUT2D eigenvalue weighted by Crippen LogP contribution is 2.52. The van der Waals surface area contributed by atoms with Gasteiger partial charge in [0.25, 0.3) is 0 Å². The van der Waals surface area contributed by atoms with Crippen LogP contribution in [-0.4, -0.2) is 18.3 Å². The van der Waals surface area contributed by atoms with Gasteiger partial charge < -0.3 is 14.6 Å². The van der Waals surface area contributed by atoms with Crippen LogP contribution >= 0.6 is 11.6 Å². The van der Waals surface area contributed by atoms with Crippen molar-refractivity contribution in [3.63, 3.8) is 0 Å². The molecule has 1 aromatic carbocycles. The van der Waals surface area contributed by atoms with E-state index in [4.69, 9.17) is 21.1 Å². The summed E-state index contributed by atoms with van der Waals surface area (Å²) in [5, 5.41) is 10.8.